The molecular formula is C14H10ClNO5. The zero-order valence-electron chi connectivity index (χ0n) is 10.7. The minimum absolute atomic E-state index is 0.0244. The van der Waals surface area contributed by atoms with Crippen molar-refractivity contribution in [1.29, 1.82) is 0 Å². The minimum atomic E-state index is -0.472. The molecule has 21 heavy (non-hydrogen) atoms. The van der Waals surface area contributed by atoms with E-state index in [9.17, 15) is 10.1 Å². The van der Waals surface area contributed by atoms with E-state index in [1.165, 1.54) is 18.2 Å². The second kappa shape index (κ2) is 5.49. The van der Waals surface area contributed by atoms with Crippen LogP contribution in [0.25, 0.3) is 0 Å². The van der Waals surface area contributed by atoms with E-state index in [0.717, 1.165) is 0 Å². The maximum absolute atomic E-state index is 10.8. The van der Waals surface area contributed by atoms with Gasteiger partial charge in [0.2, 0.25) is 6.79 Å². The highest BCUT2D eigenvalue weighted by atomic mass is 35.5. The van der Waals surface area contributed by atoms with Crippen LogP contribution in [0.1, 0.15) is 5.56 Å². The number of non-ortho nitro benzene ring substituents is 1. The van der Waals surface area contributed by atoms with Gasteiger partial charge in [-0.3, -0.25) is 10.1 Å². The fourth-order valence-corrected chi connectivity index (χ4v) is 2.16. The lowest BCUT2D eigenvalue weighted by Crippen LogP contribution is -1.94. The Morgan fingerprint density at radius 2 is 2.00 bits per heavy atom. The molecule has 0 radical (unpaired) electrons. The van der Waals surface area contributed by atoms with Gasteiger partial charge in [0.25, 0.3) is 5.69 Å². The summed E-state index contributed by atoms with van der Waals surface area (Å²) in [4.78, 5) is 10.3. The zero-order chi connectivity index (χ0) is 14.8. The fourth-order valence-electron chi connectivity index (χ4n) is 1.95. The van der Waals surface area contributed by atoms with Crippen LogP contribution in [0.15, 0.2) is 36.4 Å². The number of benzene rings is 2. The normalized spacial score (nSPS) is 12.2. The zero-order valence-corrected chi connectivity index (χ0v) is 11.5. The van der Waals surface area contributed by atoms with E-state index in [0.29, 0.717) is 28.6 Å². The third kappa shape index (κ3) is 2.71. The third-order valence-electron chi connectivity index (χ3n) is 2.97. The van der Waals surface area contributed by atoms with Crippen molar-refractivity contribution in [2.45, 2.75) is 5.88 Å². The van der Waals surface area contributed by atoms with Crippen LogP contribution in [-0.4, -0.2) is 11.7 Å². The summed E-state index contributed by atoms with van der Waals surface area (Å²) in [6.45, 7) is 0.184. The number of nitro groups is 1. The van der Waals surface area contributed by atoms with Crippen LogP contribution in [0.2, 0.25) is 0 Å². The van der Waals surface area contributed by atoms with Crippen LogP contribution in [0.5, 0.6) is 23.0 Å². The first kappa shape index (κ1) is 13.5. The molecule has 0 unspecified atom stereocenters. The summed E-state index contributed by atoms with van der Waals surface area (Å²) < 4.78 is 16.2. The van der Waals surface area contributed by atoms with Crippen molar-refractivity contribution in [3.8, 4) is 23.0 Å². The minimum Gasteiger partial charge on any atom is -0.457 e. The molecule has 6 nitrogen and oxygen atoms in total. The SMILES string of the molecule is O=[N+]([O-])c1ccc(Oc2ccc3c(c2)OCO3)c(CCl)c1. The van der Waals surface area contributed by atoms with Gasteiger partial charge in [-0.2, -0.15) is 0 Å². The molecule has 108 valence electrons. The monoisotopic (exact) mass is 307 g/mol. The van der Waals surface area contributed by atoms with Crippen LogP contribution in [0.4, 0.5) is 5.69 Å². The third-order valence-corrected chi connectivity index (χ3v) is 3.26. The molecule has 0 aliphatic carbocycles. The van der Waals surface area contributed by atoms with Gasteiger partial charge in [-0.25, -0.2) is 0 Å². The molecule has 7 heteroatoms. The van der Waals surface area contributed by atoms with Crippen molar-refractivity contribution in [3.05, 3.63) is 52.1 Å². The molecule has 1 heterocycles. The Labute approximate surface area is 125 Å². The molecular weight excluding hydrogens is 298 g/mol. The Morgan fingerprint density at radius 3 is 2.76 bits per heavy atom. The lowest BCUT2D eigenvalue weighted by atomic mass is 10.2. The van der Waals surface area contributed by atoms with Crippen molar-refractivity contribution in [2.75, 3.05) is 6.79 Å². The fraction of sp³-hybridized carbons (Fsp3) is 0.143. The smallest absolute Gasteiger partial charge is 0.270 e. The van der Waals surface area contributed by atoms with Crippen LogP contribution in [-0.2, 0) is 5.88 Å². The van der Waals surface area contributed by atoms with E-state index in [4.69, 9.17) is 25.8 Å². The van der Waals surface area contributed by atoms with Crippen molar-refractivity contribution < 1.29 is 19.1 Å². The van der Waals surface area contributed by atoms with Gasteiger partial charge in [-0.05, 0) is 18.2 Å². The molecule has 0 atom stereocenters. The molecule has 0 aromatic heterocycles. The largest absolute Gasteiger partial charge is 0.457 e. The summed E-state index contributed by atoms with van der Waals surface area (Å²) in [7, 11) is 0. The molecule has 3 rings (SSSR count). The van der Waals surface area contributed by atoms with Crippen molar-refractivity contribution in [1.82, 2.24) is 0 Å². The Kier molecular flexibility index (Phi) is 3.53. The highest BCUT2D eigenvalue weighted by Gasteiger charge is 2.16. The average Bonchev–Trinajstić information content (AvgIpc) is 2.95. The van der Waals surface area contributed by atoms with Gasteiger partial charge in [-0.15, -0.1) is 11.6 Å². The summed E-state index contributed by atoms with van der Waals surface area (Å²) in [5.41, 5.74) is 0.521. The number of hydrogen-bond acceptors (Lipinski definition) is 5. The summed E-state index contributed by atoms with van der Waals surface area (Å²) in [6, 6.07) is 9.46. The number of nitro benzene ring substituents is 1. The lowest BCUT2D eigenvalue weighted by Gasteiger charge is -2.10. The van der Waals surface area contributed by atoms with Crippen LogP contribution in [0, 0.1) is 10.1 Å². The Hall–Kier alpha value is -2.47. The number of ether oxygens (including phenoxy) is 3. The second-order valence-electron chi connectivity index (χ2n) is 4.30. The molecule has 0 saturated heterocycles. The van der Waals surface area contributed by atoms with E-state index in [-0.39, 0.29) is 18.4 Å². The number of hydrogen-bond donors (Lipinski definition) is 0. The number of halogens is 1. The lowest BCUT2D eigenvalue weighted by molar-refractivity contribution is -0.384. The first-order valence-corrected chi connectivity index (χ1v) is 6.61. The summed E-state index contributed by atoms with van der Waals surface area (Å²) in [5, 5.41) is 10.8. The first-order chi connectivity index (χ1) is 10.2. The number of fused-ring (bicyclic) bond motifs is 1. The average molecular weight is 308 g/mol. The van der Waals surface area contributed by atoms with Gasteiger partial charge in [0.15, 0.2) is 11.5 Å². The topological polar surface area (TPSA) is 70.8 Å². The Balaban J connectivity index is 1.89. The number of nitrogens with zero attached hydrogens (tertiary/aromatic N) is 1. The predicted molar refractivity (Wildman–Crippen MR) is 75.3 cm³/mol. The van der Waals surface area contributed by atoms with E-state index in [1.54, 1.807) is 18.2 Å². The molecule has 2 aromatic carbocycles. The first-order valence-electron chi connectivity index (χ1n) is 6.08. The second-order valence-corrected chi connectivity index (χ2v) is 4.57. The summed E-state index contributed by atoms with van der Waals surface area (Å²) in [6.07, 6.45) is 0. The molecule has 0 saturated carbocycles. The summed E-state index contributed by atoms with van der Waals surface area (Å²) >= 11 is 5.82. The molecule has 0 amide bonds. The van der Waals surface area contributed by atoms with Gasteiger partial charge in [0.1, 0.15) is 11.5 Å². The predicted octanol–water partition coefficient (Wildman–Crippen LogP) is 3.85. The van der Waals surface area contributed by atoms with Gasteiger partial charge in [0.05, 0.1) is 10.8 Å². The Morgan fingerprint density at radius 1 is 1.19 bits per heavy atom. The summed E-state index contributed by atoms with van der Waals surface area (Å²) in [5.74, 6) is 2.38. The highest BCUT2D eigenvalue weighted by Crippen LogP contribution is 2.37. The van der Waals surface area contributed by atoms with Crippen LogP contribution in [0.3, 0.4) is 0 Å². The molecule has 1 aliphatic heterocycles. The maximum Gasteiger partial charge on any atom is 0.270 e. The number of alkyl halides is 1. The molecule has 0 N–H and O–H groups in total. The maximum atomic E-state index is 10.8. The van der Waals surface area contributed by atoms with Crippen molar-refractivity contribution >= 4 is 17.3 Å². The van der Waals surface area contributed by atoms with Crippen molar-refractivity contribution in [3.63, 3.8) is 0 Å². The van der Waals surface area contributed by atoms with Crippen LogP contribution >= 0.6 is 11.6 Å². The molecule has 0 bridgehead atoms. The van der Waals surface area contributed by atoms with Crippen LogP contribution < -0.4 is 14.2 Å². The van der Waals surface area contributed by atoms with Gasteiger partial charge in [0, 0.05) is 23.8 Å². The van der Waals surface area contributed by atoms with E-state index in [2.05, 4.69) is 0 Å². The molecule has 0 fully saturated rings. The quantitative estimate of drug-likeness (QED) is 0.487. The van der Waals surface area contributed by atoms with Gasteiger partial charge < -0.3 is 14.2 Å². The molecule has 1 aliphatic rings. The molecule has 0 spiro atoms. The van der Waals surface area contributed by atoms with E-state index in [1.807, 2.05) is 0 Å². The molecule has 2 aromatic rings. The Bertz CT molecular complexity index is 704. The van der Waals surface area contributed by atoms with Crippen molar-refractivity contribution in [2.24, 2.45) is 0 Å². The van der Waals surface area contributed by atoms with E-state index < -0.39 is 4.92 Å². The van der Waals surface area contributed by atoms with Gasteiger partial charge >= 0.3 is 0 Å². The van der Waals surface area contributed by atoms with Gasteiger partial charge in [-0.1, -0.05) is 0 Å². The highest BCUT2D eigenvalue weighted by molar-refractivity contribution is 6.17. The standard InChI is InChI=1S/C14H10ClNO5/c15-7-9-5-10(16(17)18)1-3-12(9)21-11-2-4-13-14(6-11)20-8-19-13/h1-6H,7-8H2. The van der Waals surface area contributed by atoms with E-state index >= 15 is 0 Å². The number of rotatable bonds is 4.